The van der Waals surface area contributed by atoms with E-state index in [1.54, 1.807) is 40.5 Å². The van der Waals surface area contributed by atoms with Gasteiger partial charge in [-0.1, -0.05) is 0 Å². The Morgan fingerprint density at radius 3 is 3.09 bits per heavy atom. The molecule has 0 aliphatic carbocycles. The lowest BCUT2D eigenvalue weighted by molar-refractivity contribution is 0.0709. The van der Waals surface area contributed by atoms with Gasteiger partial charge in [0.25, 0.3) is 5.91 Å². The topological polar surface area (TPSA) is 63.4 Å². The van der Waals surface area contributed by atoms with E-state index >= 15 is 0 Å². The molecule has 0 spiro atoms. The number of amides is 1. The standard InChI is InChI=1S/C16H17N5OS/c1-11-8-18-15(23-11)12-4-2-6-20(10-12)16(22)13-9-19-21-7-3-5-17-14(13)21/h3,5,7-9,12H,2,4,6,10H2,1H3/t12-/m0/s1. The van der Waals surface area contributed by atoms with Gasteiger partial charge < -0.3 is 4.90 Å². The number of piperidine rings is 1. The Hall–Kier alpha value is -2.28. The van der Waals surface area contributed by atoms with Gasteiger partial charge in [-0.05, 0) is 25.8 Å². The second-order valence-corrected chi connectivity index (χ2v) is 7.11. The average molecular weight is 327 g/mol. The fourth-order valence-electron chi connectivity index (χ4n) is 3.07. The summed E-state index contributed by atoms with van der Waals surface area (Å²) in [7, 11) is 0. The highest BCUT2D eigenvalue weighted by Crippen LogP contribution is 2.30. The monoisotopic (exact) mass is 327 g/mol. The molecule has 1 atom stereocenters. The van der Waals surface area contributed by atoms with Gasteiger partial charge in [-0.15, -0.1) is 11.3 Å². The van der Waals surface area contributed by atoms with Crippen molar-refractivity contribution >= 4 is 22.9 Å². The number of carbonyl (C=O) groups is 1. The number of rotatable bonds is 2. The highest BCUT2D eigenvalue weighted by molar-refractivity contribution is 7.11. The van der Waals surface area contributed by atoms with Crippen LogP contribution < -0.4 is 0 Å². The molecule has 0 saturated carbocycles. The summed E-state index contributed by atoms with van der Waals surface area (Å²) in [5.41, 5.74) is 1.19. The van der Waals surface area contributed by atoms with Crippen LogP contribution in [-0.2, 0) is 0 Å². The zero-order chi connectivity index (χ0) is 15.8. The highest BCUT2D eigenvalue weighted by Gasteiger charge is 2.28. The second-order valence-electron chi connectivity index (χ2n) is 5.85. The molecule has 0 radical (unpaired) electrons. The van der Waals surface area contributed by atoms with E-state index in [-0.39, 0.29) is 5.91 Å². The molecule has 4 heterocycles. The molecule has 3 aromatic rings. The first-order valence-corrected chi connectivity index (χ1v) is 8.54. The number of aryl methyl sites for hydroxylation is 1. The van der Waals surface area contributed by atoms with Crippen molar-refractivity contribution in [1.82, 2.24) is 24.5 Å². The van der Waals surface area contributed by atoms with Crippen molar-refractivity contribution in [3.63, 3.8) is 0 Å². The van der Waals surface area contributed by atoms with Crippen LogP contribution in [0.25, 0.3) is 5.65 Å². The Labute approximate surface area is 137 Å². The van der Waals surface area contributed by atoms with Crippen molar-refractivity contribution in [3.8, 4) is 0 Å². The van der Waals surface area contributed by atoms with Crippen LogP contribution in [-0.4, -0.2) is 43.5 Å². The predicted molar refractivity (Wildman–Crippen MR) is 87.7 cm³/mol. The van der Waals surface area contributed by atoms with Gasteiger partial charge >= 0.3 is 0 Å². The molecule has 1 aliphatic rings. The first kappa shape index (κ1) is 14.3. The molecule has 1 fully saturated rings. The minimum absolute atomic E-state index is 0.0108. The van der Waals surface area contributed by atoms with Crippen LogP contribution in [0.4, 0.5) is 0 Å². The molecule has 6 nitrogen and oxygen atoms in total. The highest BCUT2D eigenvalue weighted by atomic mass is 32.1. The van der Waals surface area contributed by atoms with Gasteiger partial charge in [0.05, 0.1) is 11.2 Å². The molecule has 23 heavy (non-hydrogen) atoms. The van der Waals surface area contributed by atoms with Gasteiger partial charge in [-0.2, -0.15) is 5.10 Å². The molecule has 1 amide bonds. The average Bonchev–Trinajstić information content (AvgIpc) is 3.20. The number of hydrogen-bond acceptors (Lipinski definition) is 5. The quantitative estimate of drug-likeness (QED) is 0.725. The van der Waals surface area contributed by atoms with E-state index in [1.807, 2.05) is 11.1 Å². The summed E-state index contributed by atoms with van der Waals surface area (Å²) >= 11 is 1.73. The number of aromatic nitrogens is 4. The van der Waals surface area contributed by atoms with E-state index in [0.717, 1.165) is 30.9 Å². The molecular formula is C16H17N5OS. The molecule has 4 rings (SSSR count). The Balaban J connectivity index is 1.58. The maximum Gasteiger partial charge on any atom is 0.259 e. The number of hydrogen-bond donors (Lipinski definition) is 0. The number of thiazole rings is 1. The van der Waals surface area contributed by atoms with Crippen molar-refractivity contribution in [2.75, 3.05) is 13.1 Å². The Kier molecular flexibility index (Phi) is 3.57. The van der Waals surface area contributed by atoms with Crippen molar-refractivity contribution in [2.24, 2.45) is 0 Å². The van der Waals surface area contributed by atoms with Gasteiger partial charge in [-0.3, -0.25) is 4.79 Å². The van der Waals surface area contributed by atoms with Gasteiger partial charge in [0, 0.05) is 42.5 Å². The Morgan fingerprint density at radius 2 is 2.26 bits per heavy atom. The summed E-state index contributed by atoms with van der Waals surface area (Å²) in [6.45, 7) is 3.57. The molecule has 0 unspecified atom stereocenters. The van der Waals surface area contributed by atoms with Crippen molar-refractivity contribution in [2.45, 2.75) is 25.7 Å². The van der Waals surface area contributed by atoms with Gasteiger partial charge in [0.2, 0.25) is 0 Å². The maximum atomic E-state index is 12.9. The molecule has 118 valence electrons. The van der Waals surface area contributed by atoms with Crippen LogP contribution in [0.15, 0.2) is 30.9 Å². The third-order valence-corrected chi connectivity index (χ3v) is 5.28. The minimum atomic E-state index is 0.0108. The van der Waals surface area contributed by atoms with Gasteiger partial charge in [-0.25, -0.2) is 14.5 Å². The number of fused-ring (bicyclic) bond motifs is 1. The number of nitrogens with zero attached hydrogens (tertiary/aromatic N) is 5. The van der Waals surface area contributed by atoms with Crippen LogP contribution in [0.5, 0.6) is 0 Å². The summed E-state index contributed by atoms with van der Waals surface area (Å²) in [5, 5.41) is 5.35. The van der Waals surface area contributed by atoms with Crippen LogP contribution in [0, 0.1) is 6.92 Å². The van der Waals surface area contributed by atoms with Gasteiger partial charge in [0.15, 0.2) is 5.65 Å². The molecule has 0 N–H and O–H groups in total. The van der Waals surface area contributed by atoms with E-state index in [9.17, 15) is 4.79 Å². The van der Waals surface area contributed by atoms with Crippen LogP contribution >= 0.6 is 11.3 Å². The van der Waals surface area contributed by atoms with Crippen molar-refractivity contribution in [1.29, 1.82) is 0 Å². The molecular weight excluding hydrogens is 310 g/mol. The summed E-state index contributed by atoms with van der Waals surface area (Å²) in [6.07, 6.45) is 9.10. The summed E-state index contributed by atoms with van der Waals surface area (Å²) < 4.78 is 1.64. The fraction of sp³-hybridized carbons (Fsp3) is 0.375. The summed E-state index contributed by atoms with van der Waals surface area (Å²) in [4.78, 5) is 24.8. The van der Waals surface area contributed by atoms with E-state index in [1.165, 1.54) is 4.88 Å². The molecule has 0 aromatic carbocycles. The van der Waals surface area contributed by atoms with Crippen LogP contribution in [0.1, 0.15) is 39.0 Å². The number of carbonyl (C=O) groups excluding carboxylic acids is 1. The first-order valence-electron chi connectivity index (χ1n) is 7.72. The normalized spacial score (nSPS) is 18.5. The molecule has 3 aromatic heterocycles. The van der Waals surface area contributed by atoms with E-state index < -0.39 is 0 Å². The molecule has 7 heteroatoms. The molecule has 1 saturated heterocycles. The summed E-state index contributed by atoms with van der Waals surface area (Å²) in [5.74, 6) is 0.345. The second kappa shape index (κ2) is 5.73. The van der Waals surface area contributed by atoms with Crippen LogP contribution in [0.3, 0.4) is 0 Å². The predicted octanol–water partition coefficient (Wildman–Crippen LogP) is 2.51. The minimum Gasteiger partial charge on any atom is -0.338 e. The Morgan fingerprint density at radius 1 is 1.35 bits per heavy atom. The molecule has 1 aliphatic heterocycles. The SMILES string of the molecule is Cc1cnc([C@H]2CCCN(C(=O)c3cnn4cccnc34)C2)s1. The number of likely N-dealkylation sites (tertiary alicyclic amines) is 1. The van der Waals surface area contributed by atoms with E-state index in [4.69, 9.17) is 0 Å². The lowest BCUT2D eigenvalue weighted by Gasteiger charge is -2.31. The maximum absolute atomic E-state index is 12.9. The van der Waals surface area contributed by atoms with Crippen molar-refractivity contribution < 1.29 is 4.79 Å². The van der Waals surface area contributed by atoms with Crippen LogP contribution in [0.2, 0.25) is 0 Å². The Bertz CT molecular complexity index is 855. The fourth-order valence-corrected chi connectivity index (χ4v) is 3.97. The zero-order valence-electron chi connectivity index (χ0n) is 12.8. The van der Waals surface area contributed by atoms with Gasteiger partial charge in [0.1, 0.15) is 5.56 Å². The lowest BCUT2D eigenvalue weighted by Crippen LogP contribution is -2.39. The summed E-state index contributed by atoms with van der Waals surface area (Å²) in [6, 6.07) is 1.80. The largest absolute Gasteiger partial charge is 0.338 e. The third kappa shape index (κ3) is 2.61. The van der Waals surface area contributed by atoms with E-state index in [0.29, 0.717) is 17.1 Å². The zero-order valence-corrected chi connectivity index (χ0v) is 13.7. The first-order chi connectivity index (χ1) is 11.2. The van der Waals surface area contributed by atoms with E-state index in [2.05, 4.69) is 22.0 Å². The third-order valence-electron chi connectivity index (χ3n) is 4.21. The molecule has 0 bridgehead atoms. The smallest absolute Gasteiger partial charge is 0.259 e. The van der Waals surface area contributed by atoms with Crippen molar-refractivity contribution in [3.05, 3.63) is 46.3 Å². The lowest BCUT2D eigenvalue weighted by atomic mass is 9.98.